The molecule has 0 saturated carbocycles. The molecular formula is C13H16FN3O. The molecule has 0 amide bonds. The molecule has 0 spiro atoms. The molecule has 0 fully saturated rings. The van der Waals surface area contributed by atoms with Gasteiger partial charge in [0.2, 0.25) is 0 Å². The summed E-state index contributed by atoms with van der Waals surface area (Å²) in [6.07, 6.45) is 5.26. The van der Waals surface area contributed by atoms with Crippen molar-refractivity contribution in [2.75, 3.05) is 6.61 Å². The zero-order chi connectivity index (χ0) is 13.0. The van der Waals surface area contributed by atoms with E-state index >= 15 is 0 Å². The van der Waals surface area contributed by atoms with Crippen LogP contribution in [0.2, 0.25) is 0 Å². The highest BCUT2D eigenvalue weighted by Crippen LogP contribution is 2.24. The molecular weight excluding hydrogens is 233 g/mol. The number of ether oxygens (including phenoxy) is 1. The second kappa shape index (κ2) is 5.64. The normalized spacial score (nSPS) is 12.4. The van der Waals surface area contributed by atoms with Gasteiger partial charge >= 0.3 is 0 Å². The number of hydrogen-bond acceptors (Lipinski definition) is 3. The van der Waals surface area contributed by atoms with Crippen molar-refractivity contribution in [1.29, 1.82) is 0 Å². The smallest absolute Gasteiger partial charge is 0.127 e. The Labute approximate surface area is 105 Å². The van der Waals surface area contributed by atoms with Gasteiger partial charge in [-0.3, -0.25) is 0 Å². The van der Waals surface area contributed by atoms with Crippen molar-refractivity contribution in [3.63, 3.8) is 0 Å². The zero-order valence-electron chi connectivity index (χ0n) is 10.2. The first-order valence-electron chi connectivity index (χ1n) is 5.80. The number of nitrogens with zero attached hydrogens (tertiary/aromatic N) is 2. The van der Waals surface area contributed by atoms with E-state index in [0.29, 0.717) is 18.9 Å². The highest BCUT2D eigenvalue weighted by molar-refractivity contribution is 5.36. The van der Waals surface area contributed by atoms with Gasteiger partial charge < -0.3 is 15.0 Å². The van der Waals surface area contributed by atoms with Crippen LogP contribution in [-0.4, -0.2) is 16.2 Å². The van der Waals surface area contributed by atoms with Crippen LogP contribution in [0, 0.1) is 5.82 Å². The summed E-state index contributed by atoms with van der Waals surface area (Å²) in [4.78, 5) is 3.94. The van der Waals surface area contributed by atoms with E-state index in [0.717, 1.165) is 5.56 Å². The van der Waals surface area contributed by atoms with Crippen LogP contribution in [0.1, 0.15) is 18.5 Å². The van der Waals surface area contributed by atoms with Gasteiger partial charge in [-0.05, 0) is 13.0 Å². The van der Waals surface area contributed by atoms with Crippen LogP contribution in [0.4, 0.5) is 4.39 Å². The Balaban J connectivity index is 2.01. The van der Waals surface area contributed by atoms with Crippen molar-refractivity contribution in [1.82, 2.24) is 9.55 Å². The summed E-state index contributed by atoms with van der Waals surface area (Å²) < 4.78 is 20.7. The molecule has 0 radical (unpaired) electrons. The Morgan fingerprint density at radius 1 is 1.50 bits per heavy atom. The molecule has 1 aromatic carbocycles. The summed E-state index contributed by atoms with van der Waals surface area (Å²) in [6, 6.07) is 4.23. The maximum atomic E-state index is 13.2. The Kier molecular flexibility index (Phi) is 3.94. The third-order valence-electron chi connectivity index (χ3n) is 2.63. The first kappa shape index (κ1) is 12.6. The summed E-state index contributed by atoms with van der Waals surface area (Å²) in [6.45, 7) is 2.95. The molecule has 0 saturated heterocycles. The average Bonchev–Trinajstić information content (AvgIpc) is 2.82. The molecule has 2 aromatic rings. The van der Waals surface area contributed by atoms with E-state index in [2.05, 4.69) is 4.98 Å². The maximum Gasteiger partial charge on any atom is 0.127 e. The summed E-state index contributed by atoms with van der Waals surface area (Å²) in [5.41, 5.74) is 6.62. The van der Waals surface area contributed by atoms with Crippen molar-refractivity contribution in [3.8, 4) is 5.75 Å². The molecule has 1 atom stereocenters. The Morgan fingerprint density at radius 3 is 3.00 bits per heavy atom. The number of halogens is 1. The van der Waals surface area contributed by atoms with Crippen LogP contribution in [0.5, 0.6) is 5.75 Å². The second-order valence-electron chi connectivity index (χ2n) is 4.12. The van der Waals surface area contributed by atoms with E-state index in [9.17, 15) is 4.39 Å². The Hall–Kier alpha value is -1.88. The number of imidazole rings is 1. The minimum atomic E-state index is -0.322. The first-order chi connectivity index (χ1) is 8.66. The monoisotopic (exact) mass is 249 g/mol. The third kappa shape index (κ3) is 3.07. The van der Waals surface area contributed by atoms with Crippen LogP contribution in [-0.2, 0) is 6.54 Å². The third-order valence-corrected chi connectivity index (χ3v) is 2.63. The summed E-state index contributed by atoms with van der Waals surface area (Å²) in [7, 11) is 0. The van der Waals surface area contributed by atoms with Gasteiger partial charge in [-0.2, -0.15) is 0 Å². The van der Waals surface area contributed by atoms with E-state index in [1.165, 1.54) is 12.1 Å². The van der Waals surface area contributed by atoms with Crippen LogP contribution in [0.3, 0.4) is 0 Å². The fraction of sp³-hybridized carbons (Fsp3) is 0.308. The molecule has 4 nitrogen and oxygen atoms in total. The molecule has 2 N–H and O–H groups in total. The number of benzene rings is 1. The SMILES string of the molecule is CC(N)c1ccc(F)cc1OCCn1ccnc1. The lowest BCUT2D eigenvalue weighted by Crippen LogP contribution is -2.11. The van der Waals surface area contributed by atoms with Gasteiger partial charge in [0, 0.05) is 30.1 Å². The van der Waals surface area contributed by atoms with Gasteiger partial charge in [0.15, 0.2) is 0 Å². The summed E-state index contributed by atoms with van der Waals surface area (Å²) in [5, 5.41) is 0. The number of nitrogens with two attached hydrogens (primary N) is 1. The highest BCUT2D eigenvalue weighted by Gasteiger charge is 2.09. The lowest BCUT2D eigenvalue weighted by molar-refractivity contribution is 0.292. The van der Waals surface area contributed by atoms with E-state index < -0.39 is 0 Å². The minimum absolute atomic E-state index is 0.186. The molecule has 2 rings (SSSR count). The Morgan fingerprint density at radius 2 is 2.33 bits per heavy atom. The summed E-state index contributed by atoms with van der Waals surface area (Å²) in [5.74, 6) is 0.183. The minimum Gasteiger partial charge on any atom is -0.491 e. The second-order valence-corrected chi connectivity index (χ2v) is 4.12. The van der Waals surface area contributed by atoms with Gasteiger partial charge in [0.05, 0.1) is 12.9 Å². The average molecular weight is 249 g/mol. The fourth-order valence-corrected chi connectivity index (χ4v) is 1.69. The predicted octanol–water partition coefficient (Wildman–Crippen LogP) is 2.12. The van der Waals surface area contributed by atoms with Crippen molar-refractivity contribution in [2.24, 2.45) is 5.73 Å². The number of aromatic nitrogens is 2. The van der Waals surface area contributed by atoms with Gasteiger partial charge in [-0.15, -0.1) is 0 Å². The van der Waals surface area contributed by atoms with E-state index in [1.807, 2.05) is 17.7 Å². The molecule has 0 aliphatic heterocycles. The molecule has 96 valence electrons. The molecule has 1 aromatic heterocycles. The number of rotatable bonds is 5. The number of hydrogen-bond donors (Lipinski definition) is 1. The highest BCUT2D eigenvalue weighted by atomic mass is 19.1. The lowest BCUT2D eigenvalue weighted by atomic mass is 10.1. The van der Waals surface area contributed by atoms with Crippen molar-refractivity contribution >= 4 is 0 Å². The topological polar surface area (TPSA) is 53.1 Å². The van der Waals surface area contributed by atoms with Crippen LogP contribution < -0.4 is 10.5 Å². The van der Waals surface area contributed by atoms with E-state index in [4.69, 9.17) is 10.5 Å². The van der Waals surface area contributed by atoms with Gasteiger partial charge in [-0.1, -0.05) is 6.07 Å². The maximum absolute atomic E-state index is 13.2. The van der Waals surface area contributed by atoms with Crippen LogP contribution in [0.15, 0.2) is 36.9 Å². The molecule has 1 heterocycles. The van der Waals surface area contributed by atoms with E-state index in [1.54, 1.807) is 18.6 Å². The molecule has 18 heavy (non-hydrogen) atoms. The Bertz CT molecular complexity index is 497. The summed E-state index contributed by atoms with van der Waals surface area (Å²) >= 11 is 0. The predicted molar refractivity (Wildman–Crippen MR) is 66.7 cm³/mol. The largest absolute Gasteiger partial charge is 0.491 e. The standard InChI is InChI=1S/C13H16FN3O/c1-10(15)12-3-2-11(14)8-13(12)18-7-6-17-5-4-16-9-17/h2-5,8-10H,6-7,15H2,1H3. The van der Waals surface area contributed by atoms with Gasteiger partial charge in [0.1, 0.15) is 18.2 Å². The van der Waals surface area contributed by atoms with Crippen molar-refractivity contribution < 1.29 is 9.13 Å². The van der Waals surface area contributed by atoms with Gasteiger partial charge in [-0.25, -0.2) is 9.37 Å². The van der Waals surface area contributed by atoms with Gasteiger partial charge in [0.25, 0.3) is 0 Å². The molecule has 5 heteroatoms. The lowest BCUT2D eigenvalue weighted by Gasteiger charge is -2.14. The fourth-order valence-electron chi connectivity index (χ4n) is 1.69. The van der Waals surface area contributed by atoms with Crippen LogP contribution in [0.25, 0.3) is 0 Å². The van der Waals surface area contributed by atoms with Crippen molar-refractivity contribution in [2.45, 2.75) is 19.5 Å². The van der Waals surface area contributed by atoms with Crippen molar-refractivity contribution in [3.05, 3.63) is 48.3 Å². The molecule has 1 unspecified atom stereocenters. The first-order valence-corrected chi connectivity index (χ1v) is 5.80. The quantitative estimate of drug-likeness (QED) is 0.883. The zero-order valence-corrected chi connectivity index (χ0v) is 10.2. The van der Waals surface area contributed by atoms with E-state index in [-0.39, 0.29) is 11.9 Å². The molecule has 0 bridgehead atoms. The van der Waals surface area contributed by atoms with Crippen LogP contribution >= 0.6 is 0 Å². The molecule has 0 aliphatic carbocycles. The molecule has 0 aliphatic rings.